The first-order valence-electron chi connectivity index (χ1n) is 11.4. The number of nitrogens with one attached hydrogen (secondary N) is 1. The quantitative estimate of drug-likeness (QED) is 0.291. The van der Waals surface area contributed by atoms with Gasteiger partial charge in [-0.05, 0) is 42.0 Å². The summed E-state index contributed by atoms with van der Waals surface area (Å²) in [5.74, 6) is -0.264. The third kappa shape index (κ3) is 5.10. The van der Waals surface area contributed by atoms with Crippen LogP contribution in [-0.2, 0) is 6.54 Å². The van der Waals surface area contributed by atoms with Crippen molar-refractivity contribution in [3.63, 3.8) is 0 Å². The first-order valence-corrected chi connectivity index (χ1v) is 11.8. The highest BCUT2D eigenvalue weighted by Gasteiger charge is 2.19. The molecular formula is C30H23N3OS. The predicted octanol–water partition coefficient (Wildman–Crippen LogP) is 6.62. The van der Waals surface area contributed by atoms with Crippen molar-refractivity contribution < 1.29 is 4.79 Å². The second-order valence-electron chi connectivity index (χ2n) is 8.10. The Hall–Kier alpha value is -4.35. The van der Waals surface area contributed by atoms with Crippen LogP contribution in [0.1, 0.15) is 15.9 Å². The number of hydrogen-bond acceptors (Lipinski definition) is 3. The van der Waals surface area contributed by atoms with Crippen molar-refractivity contribution >= 4 is 39.8 Å². The summed E-state index contributed by atoms with van der Waals surface area (Å²) in [6.07, 6.45) is 0. The van der Waals surface area contributed by atoms with Gasteiger partial charge >= 0.3 is 0 Å². The Balaban J connectivity index is 1.49. The van der Waals surface area contributed by atoms with E-state index in [1.165, 1.54) is 0 Å². The van der Waals surface area contributed by atoms with Gasteiger partial charge < -0.3 is 4.90 Å². The van der Waals surface area contributed by atoms with Crippen LogP contribution in [0.5, 0.6) is 0 Å². The van der Waals surface area contributed by atoms with Gasteiger partial charge in [0.1, 0.15) is 0 Å². The summed E-state index contributed by atoms with van der Waals surface area (Å²) in [5.41, 5.74) is 4.98. The first-order chi connectivity index (χ1) is 17.2. The smallest absolute Gasteiger partial charge is 0.258 e. The number of fused-ring (bicyclic) bond motifs is 1. The largest absolute Gasteiger partial charge is 0.314 e. The van der Waals surface area contributed by atoms with Crippen molar-refractivity contribution in [3.8, 4) is 11.3 Å². The van der Waals surface area contributed by atoms with Gasteiger partial charge in [-0.25, -0.2) is 4.98 Å². The maximum atomic E-state index is 13.6. The van der Waals surface area contributed by atoms with E-state index in [9.17, 15) is 4.79 Å². The average Bonchev–Trinajstić information content (AvgIpc) is 2.92. The molecule has 0 unspecified atom stereocenters. The molecule has 0 aliphatic rings. The number of amides is 1. The molecule has 0 fully saturated rings. The van der Waals surface area contributed by atoms with Gasteiger partial charge in [0.15, 0.2) is 5.11 Å². The Labute approximate surface area is 209 Å². The standard InChI is InChI=1S/C30H23N3OS/c34-29(26-20-28(23-14-6-2-7-15-23)31-27-19-11-10-18-25(26)27)32-30(35)33(24-16-8-3-9-17-24)21-22-12-4-1-5-13-22/h1-20H,21H2,(H,32,34,35). The molecule has 0 atom stereocenters. The van der Waals surface area contributed by atoms with E-state index in [1.807, 2.05) is 126 Å². The summed E-state index contributed by atoms with van der Waals surface area (Å²) in [4.78, 5) is 20.3. The van der Waals surface area contributed by atoms with Crippen molar-refractivity contribution in [2.75, 3.05) is 4.90 Å². The van der Waals surface area contributed by atoms with Crippen LogP contribution in [0.15, 0.2) is 121 Å². The summed E-state index contributed by atoms with van der Waals surface area (Å²) >= 11 is 5.76. The molecule has 0 spiro atoms. The van der Waals surface area contributed by atoms with Crippen LogP contribution >= 0.6 is 12.2 Å². The molecule has 5 aromatic rings. The fourth-order valence-electron chi connectivity index (χ4n) is 4.01. The molecule has 5 rings (SSSR count). The van der Waals surface area contributed by atoms with Crippen molar-refractivity contribution in [3.05, 3.63) is 132 Å². The van der Waals surface area contributed by atoms with Gasteiger partial charge in [-0.1, -0.05) is 97.1 Å². The van der Waals surface area contributed by atoms with Crippen molar-refractivity contribution in [2.45, 2.75) is 6.54 Å². The summed E-state index contributed by atoms with van der Waals surface area (Å²) in [6, 6.07) is 39.3. The topological polar surface area (TPSA) is 45.2 Å². The molecule has 1 amide bonds. The van der Waals surface area contributed by atoms with Crippen LogP contribution < -0.4 is 10.2 Å². The maximum Gasteiger partial charge on any atom is 0.258 e. The molecule has 35 heavy (non-hydrogen) atoms. The molecule has 1 heterocycles. The second-order valence-corrected chi connectivity index (χ2v) is 8.49. The summed E-state index contributed by atoms with van der Waals surface area (Å²) in [5, 5.41) is 4.10. The van der Waals surface area contributed by atoms with Gasteiger partial charge in [-0.2, -0.15) is 0 Å². The normalized spacial score (nSPS) is 10.6. The summed E-state index contributed by atoms with van der Waals surface area (Å²) < 4.78 is 0. The maximum absolute atomic E-state index is 13.6. The van der Waals surface area contributed by atoms with E-state index in [0.29, 0.717) is 17.2 Å². The molecule has 4 aromatic carbocycles. The monoisotopic (exact) mass is 473 g/mol. The van der Waals surface area contributed by atoms with Gasteiger partial charge in [0.2, 0.25) is 0 Å². The lowest BCUT2D eigenvalue weighted by atomic mass is 10.0. The SMILES string of the molecule is O=C(NC(=S)N(Cc1ccccc1)c1ccccc1)c1cc(-c2ccccc2)nc2ccccc12. The van der Waals surface area contributed by atoms with E-state index in [2.05, 4.69) is 5.32 Å². The van der Waals surface area contributed by atoms with Crippen molar-refractivity contribution in [1.29, 1.82) is 0 Å². The number of para-hydroxylation sites is 2. The zero-order chi connectivity index (χ0) is 24.0. The minimum Gasteiger partial charge on any atom is -0.314 e. The number of hydrogen-bond donors (Lipinski definition) is 1. The highest BCUT2D eigenvalue weighted by molar-refractivity contribution is 7.80. The first kappa shape index (κ1) is 22.4. The minimum absolute atomic E-state index is 0.264. The lowest BCUT2D eigenvalue weighted by Gasteiger charge is -2.26. The van der Waals surface area contributed by atoms with Crippen LogP contribution in [0.2, 0.25) is 0 Å². The second kappa shape index (κ2) is 10.3. The fraction of sp³-hybridized carbons (Fsp3) is 0.0333. The van der Waals surface area contributed by atoms with Crippen molar-refractivity contribution in [1.82, 2.24) is 10.3 Å². The van der Waals surface area contributed by atoms with Crippen LogP contribution in [0.25, 0.3) is 22.2 Å². The van der Waals surface area contributed by atoms with E-state index in [1.54, 1.807) is 0 Å². The van der Waals surface area contributed by atoms with E-state index in [4.69, 9.17) is 17.2 Å². The number of rotatable bonds is 5. The molecular weight excluding hydrogens is 450 g/mol. The zero-order valence-electron chi connectivity index (χ0n) is 19.0. The third-order valence-electron chi connectivity index (χ3n) is 5.75. The average molecular weight is 474 g/mol. The number of aromatic nitrogens is 1. The number of benzene rings is 4. The number of thiocarbonyl (C=S) groups is 1. The Kier molecular flexibility index (Phi) is 6.59. The Morgan fingerprint density at radius 1 is 0.771 bits per heavy atom. The Bertz CT molecular complexity index is 1470. The minimum atomic E-state index is -0.264. The number of pyridine rings is 1. The van der Waals surface area contributed by atoms with E-state index >= 15 is 0 Å². The number of nitrogens with zero attached hydrogens (tertiary/aromatic N) is 2. The molecule has 0 bridgehead atoms. The fourth-order valence-corrected chi connectivity index (χ4v) is 4.27. The summed E-state index contributed by atoms with van der Waals surface area (Å²) in [7, 11) is 0. The van der Waals surface area contributed by atoms with Crippen molar-refractivity contribution in [2.24, 2.45) is 0 Å². The highest BCUT2D eigenvalue weighted by atomic mass is 32.1. The van der Waals surface area contributed by atoms with Gasteiger partial charge in [-0.15, -0.1) is 0 Å². The zero-order valence-corrected chi connectivity index (χ0v) is 19.8. The molecule has 1 aromatic heterocycles. The molecule has 0 radical (unpaired) electrons. The highest BCUT2D eigenvalue weighted by Crippen LogP contribution is 2.25. The molecule has 170 valence electrons. The summed E-state index contributed by atoms with van der Waals surface area (Å²) in [6.45, 7) is 0.538. The number of anilines is 1. The van der Waals surface area contributed by atoms with Gasteiger partial charge in [0, 0.05) is 16.6 Å². The lowest BCUT2D eigenvalue weighted by Crippen LogP contribution is -2.42. The molecule has 1 N–H and O–H groups in total. The van der Waals surface area contributed by atoms with Crippen LogP contribution in [0.3, 0.4) is 0 Å². The molecule has 0 saturated heterocycles. The molecule has 5 heteroatoms. The number of carbonyl (C=O) groups is 1. The molecule has 0 saturated carbocycles. The predicted molar refractivity (Wildman–Crippen MR) is 146 cm³/mol. The van der Waals surface area contributed by atoms with Crippen LogP contribution in [-0.4, -0.2) is 16.0 Å². The van der Waals surface area contributed by atoms with Gasteiger partial charge in [-0.3, -0.25) is 10.1 Å². The molecule has 0 aliphatic carbocycles. The third-order valence-corrected chi connectivity index (χ3v) is 6.07. The Morgan fingerprint density at radius 2 is 1.37 bits per heavy atom. The molecule has 0 aliphatic heterocycles. The Morgan fingerprint density at radius 3 is 2.09 bits per heavy atom. The van der Waals surface area contributed by atoms with E-state index in [0.717, 1.165) is 33.4 Å². The van der Waals surface area contributed by atoms with Gasteiger partial charge in [0.25, 0.3) is 5.91 Å². The lowest BCUT2D eigenvalue weighted by molar-refractivity contribution is 0.0978. The molecule has 4 nitrogen and oxygen atoms in total. The van der Waals surface area contributed by atoms with E-state index in [-0.39, 0.29) is 5.91 Å². The number of carbonyl (C=O) groups excluding carboxylic acids is 1. The van der Waals surface area contributed by atoms with Crippen LogP contribution in [0.4, 0.5) is 5.69 Å². The van der Waals surface area contributed by atoms with Crippen LogP contribution in [0, 0.1) is 0 Å². The van der Waals surface area contributed by atoms with E-state index < -0.39 is 0 Å². The van der Waals surface area contributed by atoms with Gasteiger partial charge in [0.05, 0.1) is 23.3 Å².